The largest absolute Gasteiger partial charge is 0.481 e. The van der Waals surface area contributed by atoms with E-state index in [1.807, 2.05) is 44.4 Å². The molecule has 0 saturated carbocycles. The van der Waals surface area contributed by atoms with Crippen molar-refractivity contribution in [1.82, 2.24) is 14.9 Å². The smallest absolute Gasteiger partial charge is 0.312 e. The first kappa shape index (κ1) is 19.4. The summed E-state index contributed by atoms with van der Waals surface area (Å²) in [4.78, 5) is 35.0. The second kappa shape index (κ2) is 8.08. The van der Waals surface area contributed by atoms with Crippen LogP contribution in [0.5, 0.6) is 0 Å². The molecule has 1 unspecified atom stereocenters. The van der Waals surface area contributed by atoms with Gasteiger partial charge in [-0.15, -0.1) is 0 Å². The zero-order chi connectivity index (χ0) is 19.6. The Labute approximate surface area is 163 Å². The topological polar surface area (TPSA) is 83.4 Å². The van der Waals surface area contributed by atoms with Crippen LogP contribution >= 0.6 is 11.8 Å². The van der Waals surface area contributed by atoms with Gasteiger partial charge in [0.15, 0.2) is 5.16 Å². The van der Waals surface area contributed by atoms with Crippen LogP contribution in [0.2, 0.25) is 0 Å². The van der Waals surface area contributed by atoms with Crippen molar-refractivity contribution in [1.29, 1.82) is 0 Å². The van der Waals surface area contributed by atoms with E-state index < -0.39 is 11.9 Å². The molecule has 1 aromatic carbocycles. The van der Waals surface area contributed by atoms with Crippen molar-refractivity contribution in [3.8, 4) is 0 Å². The Hall–Kier alpha value is -2.41. The van der Waals surface area contributed by atoms with Gasteiger partial charge in [-0.2, -0.15) is 0 Å². The van der Waals surface area contributed by atoms with E-state index in [0.717, 1.165) is 33.2 Å². The van der Waals surface area contributed by atoms with Crippen molar-refractivity contribution >= 4 is 23.6 Å². The summed E-state index contributed by atoms with van der Waals surface area (Å²) in [5.41, 5.74) is 4.50. The number of carbonyl (C=O) groups is 2. The van der Waals surface area contributed by atoms with Gasteiger partial charge in [0.2, 0.25) is 5.91 Å². The van der Waals surface area contributed by atoms with Crippen LogP contribution in [0.1, 0.15) is 40.4 Å². The quantitative estimate of drug-likeness (QED) is 0.629. The molecule has 1 aromatic heterocycles. The number of nitrogens with zero attached hydrogens (tertiary/aromatic N) is 3. The molecule has 142 valence electrons. The van der Waals surface area contributed by atoms with Crippen molar-refractivity contribution in [2.75, 3.05) is 12.8 Å². The van der Waals surface area contributed by atoms with E-state index in [0.29, 0.717) is 19.4 Å². The number of amides is 1. The Morgan fingerprint density at radius 2 is 1.89 bits per heavy atom. The Morgan fingerprint density at radius 1 is 1.22 bits per heavy atom. The molecule has 27 heavy (non-hydrogen) atoms. The fourth-order valence-electron chi connectivity index (χ4n) is 3.56. The molecule has 1 atom stereocenters. The van der Waals surface area contributed by atoms with Gasteiger partial charge in [0, 0.05) is 30.9 Å². The normalized spacial score (nSPS) is 16.1. The molecular formula is C20H23N3O3S. The summed E-state index contributed by atoms with van der Waals surface area (Å²) in [5.74, 6) is -1.61. The van der Waals surface area contributed by atoms with Gasteiger partial charge in [-0.05, 0) is 43.2 Å². The summed E-state index contributed by atoms with van der Waals surface area (Å²) in [7, 11) is 0. The van der Waals surface area contributed by atoms with Crippen LogP contribution in [0.25, 0.3) is 0 Å². The van der Waals surface area contributed by atoms with Crippen LogP contribution in [0, 0.1) is 13.8 Å². The second-order valence-electron chi connectivity index (χ2n) is 6.72. The average Bonchev–Trinajstić information content (AvgIpc) is 2.65. The van der Waals surface area contributed by atoms with Crippen molar-refractivity contribution in [2.24, 2.45) is 0 Å². The second-order valence-corrected chi connectivity index (χ2v) is 7.50. The van der Waals surface area contributed by atoms with Gasteiger partial charge in [0.05, 0.1) is 5.92 Å². The van der Waals surface area contributed by atoms with Gasteiger partial charge in [0.1, 0.15) is 0 Å². The number of benzene rings is 1. The highest BCUT2D eigenvalue weighted by Crippen LogP contribution is 2.29. The van der Waals surface area contributed by atoms with Crippen molar-refractivity contribution in [2.45, 2.75) is 44.3 Å². The minimum atomic E-state index is -0.896. The van der Waals surface area contributed by atoms with E-state index in [-0.39, 0.29) is 12.5 Å². The van der Waals surface area contributed by atoms with Crippen LogP contribution in [0.3, 0.4) is 0 Å². The van der Waals surface area contributed by atoms with Crippen LogP contribution < -0.4 is 0 Å². The van der Waals surface area contributed by atoms with Gasteiger partial charge < -0.3 is 10.0 Å². The van der Waals surface area contributed by atoms with E-state index in [1.54, 1.807) is 4.90 Å². The van der Waals surface area contributed by atoms with Crippen molar-refractivity contribution in [3.05, 3.63) is 52.3 Å². The Bertz CT molecular complexity index is 862. The summed E-state index contributed by atoms with van der Waals surface area (Å²) in [5, 5.41) is 10.3. The van der Waals surface area contributed by atoms with Crippen LogP contribution in [-0.2, 0) is 22.6 Å². The predicted octanol–water partition coefficient (Wildman–Crippen LogP) is 2.96. The lowest BCUT2D eigenvalue weighted by atomic mass is 9.89. The van der Waals surface area contributed by atoms with E-state index in [4.69, 9.17) is 0 Å². The van der Waals surface area contributed by atoms with Crippen molar-refractivity contribution in [3.63, 3.8) is 0 Å². The molecule has 1 amide bonds. The minimum Gasteiger partial charge on any atom is -0.481 e. The molecule has 1 N–H and O–H groups in total. The molecule has 6 nitrogen and oxygen atoms in total. The van der Waals surface area contributed by atoms with Crippen LogP contribution in [0.15, 0.2) is 29.4 Å². The maximum Gasteiger partial charge on any atom is 0.312 e. The molecule has 7 heteroatoms. The zero-order valence-electron chi connectivity index (χ0n) is 15.7. The van der Waals surface area contributed by atoms with Gasteiger partial charge in [-0.25, -0.2) is 9.97 Å². The predicted molar refractivity (Wildman–Crippen MR) is 104 cm³/mol. The first-order chi connectivity index (χ1) is 12.9. The van der Waals surface area contributed by atoms with E-state index in [9.17, 15) is 14.7 Å². The molecule has 0 bridgehead atoms. The molecule has 2 heterocycles. The molecule has 0 saturated heterocycles. The molecule has 0 fully saturated rings. The fourth-order valence-corrected chi connectivity index (χ4v) is 4.02. The SMILES string of the molecule is CSc1nc(C)c(CCC(=O)N2Cc3ccccc3C(C(=O)O)C2)c(C)n1. The van der Waals surface area contributed by atoms with Crippen molar-refractivity contribution < 1.29 is 14.7 Å². The lowest BCUT2D eigenvalue weighted by molar-refractivity contribution is -0.141. The standard InChI is InChI=1S/C20H23N3O3S/c1-12-15(13(2)22-20(21-12)27-3)8-9-18(24)23-10-14-6-4-5-7-16(14)17(11-23)19(25)26/h4-7,17H,8-11H2,1-3H3,(H,25,26). The minimum absolute atomic E-state index is 0.0384. The Morgan fingerprint density at radius 3 is 2.52 bits per heavy atom. The number of rotatable bonds is 5. The van der Waals surface area contributed by atoms with Gasteiger partial charge in [-0.3, -0.25) is 9.59 Å². The number of carboxylic acid groups (broad SMARTS) is 1. The number of carbonyl (C=O) groups excluding carboxylic acids is 1. The van der Waals surface area contributed by atoms with E-state index in [1.165, 1.54) is 11.8 Å². The number of aryl methyl sites for hydroxylation is 2. The molecule has 0 radical (unpaired) electrons. The highest BCUT2D eigenvalue weighted by molar-refractivity contribution is 7.98. The number of aromatic nitrogens is 2. The third-order valence-corrected chi connectivity index (χ3v) is 5.56. The molecule has 2 aromatic rings. The summed E-state index contributed by atoms with van der Waals surface area (Å²) >= 11 is 1.50. The molecule has 1 aliphatic heterocycles. The maximum atomic E-state index is 12.8. The first-order valence-electron chi connectivity index (χ1n) is 8.87. The summed E-state index contributed by atoms with van der Waals surface area (Å²) in [6.45, 7) is 4.54. The molecule has 3 rings (SSSR count). The molecule has 0 spiro atoms. The number of thioether (sulfide) groups is 1. The number of hydrogen-bond acceptors (Lipinski definition) is 5. The zero-order valence-corrected chi connectivity index (χ0v) is 16.5. The fraction of sp³-hybridized carbons (Fsp3) is 0.400. The lowest BCUT2D eigenvalue weighted by Crippen LogP contribution is -2.40. The number of carboxylic acids is 1. The van der Waals surface area contributed by atoms with E-state index in [2.05, 4.69) is 9.97 Å². The van der Waals surface area contributed by atoms with Gasteiger partial charge >= 0.3 is 5.97 Å². The monoisotopic (exact) mass is 385 g/mol. The van der Waals surface area contributed by atoms with Gasteiger partial charge in [0.25, 0.3) is 0 Å². The van der Waals surface area contributed by atoms with Crippen LogP contribution in [0.4, 0.5) is 0 Å². The average molecular weight is 385 g/mol. The Balaban J connectivity index is 1.73. The highest BCUT2D eigenvalue weighted by Gasteiger charge is 2.32. The molecule has 0 aliphatic carbocycles. The molecular weight excluding hydrogens is 362 g/mol. The Kier molecular flexibility index (Phi) is 5.79. The van der Waals surface area contributed by atoms with E-state index >= 15 is 0 Å². The van der Waals surface area contributed by atoms with Gasteiger partial charge in [-0.1, -0.05) is 36.0 Å². The summed E-state index contributed by atoms with van der Waals surface area (Å²) in [6.07, 6.45) is 2.81. The molecule has 1 aliphatic rings. The third-order valence-electron chi connectivity index (χ3n) is 5.02. The maximum absolute atomic E-state index is 12.8. The first-order valence-corrected chi connectivity index (χ1v) is 10.1. The lowest BCUT2D eigenvalue weighted by Gasteiger charge is -2.33. The highest BCUT2D eigenvalue weighted by atomic mass is 32.2. The number of fused-ring (bicyclic) bond motifs is 1. The summed E-state index contributed by atoms with van der Waals surface area (Å²) in [6, 6.07) is 7.46. The number of aliphatic carboxylic acids is 1. The number of hydrogen-bond donors (Lipinski definition) is 1. The third kappa shape index (κ3) is 4.13. The van der Waals surface area contributed by atoms with Crippen LogP contribution in [-0.4, -0.2) is 44.7 Å². The summed E-state index contributed by atoms with van der Waals surface area (Å²) < 4.78 is 0.